The van der Waals surface area contributed by atoms with Crippen molar-refractivity contribution in [2.45, 2.75) is 33.3 Å². The van der Waals surface area contributed by atoms with Crippen LogP contribution in [-0.2, 0) is 9.84 Å². The van der Waals surface area contributed by atoms with E-state index in [0.29, 0.717) is 10.8 Å². The molecule has 24 heavy (non-hydrogen) atoms. The summed E-state index contributed by atoms with van der Waals surface area (Å²) in [4.78, 5) is 0.0744. The molecule has 10 heteroatoms. The summed E-state index contributed by atoms with van der Waals surface area (Å²) in [7, 11) is -3.48. The predicted molar refractivity (Wildman–Crippen MR) is 105 cm³/mol. The van der Waals surface area contributed by atoms with E-state index in [2.05, 4.69) is 17.1 Å². The van der Waals surface area contributed by atoms with Gasteiger partial charge < -0.3 is 0 Å². The van der Waals surface area contributed by atoms with Crippen molar-refractivity contribution in [3.63, 3.8) is 0 Å². The van der Waals surface area contributed by atoms with Gasteiger partial charge in [0.15, 0.2) is 18.5 Å². The Hall–Kier alpha value is 0.01000. The number of halogens is 2. The van der Waals surface area contributed by atoms with Crippen molar-refractivity contribution in [3.05, 3.63) is 28.2 Å². The Morgan fingerprint density at radius 1 is 1.12 bits per heavy atom. The second-order valence-electron chi connectivity index (χ2n) is 4.78. The Morgan fingerprint density at radius 3 is 2.46 bits per heavy atom. The number of benzene rings is 1. The maximum absolute atomic E-state index is 12.4. The average molecular weight is 443 g/mol. The summed E-state index contributed by atoms with van der Waals surface area (Å²) < 4.78 is 26.5. The molecule has 2 rings (SSSR count). The Bertz CT molecular complexity index is 781. The molecule has 0 fully saturated rings. The highest BCUT2D eigenvalue weighted by Crippen LogP contribution is 2.31. The van der Waals surface area contributed by atoms with Gasteiger partial charge in [-0.25, -0.2) is 8.42 Å². The molecule has 0 amide bonds. The zero-order valence-electron chi connectivity index (χ0n) is 12.9. The van der Waals surface area contributed by atoms with E-state index in [9.17, 15) is 8.42 Å². The summed E-state index contributed by atoms with van der Waals surface area (Å²) in [6.45, 7) is 2.15. The third kappa shape index (κ3) is 6.07. The Labute approximate surface area is 164 Å². The van der Waals surface area contributed by atoms with Crippen LogP contribution in [0.3, 0.4) is 0 Å². The van der Waals surface area contributed by atoms with Gasteiger partial charge in [0.25, 0.3) is 0 Å². The van der Waals surface area contributed by atoms with E-state index in [1.54, 1.807) is 17.8 Å². The number of sulfone groups is 1. The van der Waals surface area contributed by atoms with Crippen LogP contribution in [0, 0.1) is 0 Å². The summed E-state index contributed by atoms with van der Waals surface area (Å²) in [6, 6.07) is 4.45. The maximum Gasteiger partial charge on any atom is 0.180 e. The molecular formula is C14H16Cl2N2O2S4. The first kappa shape index (κ1) is 20.3. The van der Waals surface area contributed by atoms with Crippen molar-refractivity contribution in [1.82, 2.24) is 10.2 Å². The maximum atomic E-state index is 12.4. The lowest BCUT2D eigenvalue weighted by Crippen LogP contribution is -2.09. The van der Waals surface area contributed by atoms with Gasteiger partial charge in [-0.3, -0.25) is 0 Å². The molecule has 0 unspecified atom stereocenters. The summed E-state index contributed by atoms with van der Waals surface area (Å²) in [5.41, 5.74) is 0. The highest BCUT2D eigenvalue weighted by atomic mass is 35.5. The largest absolute Gasteiger partial charge is 0.224 e. The van der Waals surface area contributed by atoms with Crippen molar-refractivity contribution in [1.29, 1.82) is 0 Å². The van der Waals surface area contributed by atoms with Crippen LogP contribution < -0.4 is 0 Å². The number of aromatic nitrogens is 2. The van der Waals surface area contributed by atoms with Crippen molar-refractivity contribution >= 4 is 67.9 Å². The molecule has 0 saturated carbocycles. The minimum absolute atomic E-state index is 0.0321. The first-order valence-electron chi connectivity index (χ1n) is 7.19. The lowest BCUT2D eigenvalue weighted by atomic mass is 10.4. The molecule has 0 saturated heterocycles. The van der Waals surface area contributed by atoms with Crippen molar-refractivity contribution < 1.29 is 8.42 Å². The molecule has 0 atom stereocenters. The standard InChI is InChI=1S/C14H16Cl2N2O2S4/c1-2-3-6-21-13-17-18-14(23-13)22-7-8-24(19,20)12-9-10(15)4-5-11(12)16/h4-5,9H,2-3,6-8H2,1H3. The molecule has 132 valence electrons. The van der Waals surface area contributed by atoms with E-state index in [0.717, 1.165) is 27.3 Å². The molecule has 1 aromatic carbocycles. The summed E-state index contributed by atoms with van der Waals surface area (Å²) in [5, 5.41) is 8.74. The molecule has 0 aliphatic heterocycles. The SMILES string of the molecule is CCCCSc1nnc(SCCS(=O)(=O)c2cc(Cl)ccc2Cl)s1. The molecule has 2 aromatic rings. The summed E-state index contributed by atoms with van der Waals surface area (Å²) >= 11 is 16.4. The van der Waals surface area contributed by atoms with Gasteiger partial charge >= 0.3 is 0 Å². The molecule has 0 aliphatic rings. The number of hydrogen-bond acceptors (Lipinski definition) is 7. The smallest absolute Gasteiger partial charge is 0.180 e. The van der Waals surface area contributed by atoms with Crippen LogP contribution in [0.5, 0.6) is 0 Å². The minimum Gasteiger partial charge on any atom is -0.224 e. The Balaban J connectivity index is 1.90. The van der Waals surface area contributed by atoms with E-state index in [1.807, 2.05) is 0 Å². The number of hydrogen-bond donors (Lipinski definition) is 0. The molecular weight excluding hydrogens is 427 g/mol. The topological polar surface area (TPSA) is 59.9 Å². The van der Waals surface area contributed by atoms with Gasteiger partial charge in [-0.05, 0) is 24.6 Å². The van der Waals surface area contributed by atoms with Gasteiger partial charge in [0, 0.05) is 16.5 Å². The molecule has 0 N–H and O–H groups in total. The molecule has 0 spiro atoms. The highest BCUT2D eigenvalue weighted by molar-refractivity contribution is 8.03. The second kappa shape index (κ2) is 9.64. The van der Waals surface area contributed by atoms with Gasteiger partial charge in [-0.1, -0.05) is 71.4 Å². The molecule has 0 aliphatic carbocycles. The average Bonchev–Trinajstić information content (AvgIpc) is 2.97. The van der Waals surface area contributed by atoms with Crippen molar-refractivity contribution in [2.24, 2.45) is 0 Å². The fraction of sp³-hybridized carbons (Fsp3) is 0.429. The fourth-order valence-electron chi connectivity index (χ4n) is 1.68. The van der Waals surface area contributed by atoms with Crippen LogP contribution in [0.25, 0.3) is 0 Å². The monoisotopic (exact) mass is 442 g/mol. The van der Waals surface area contributed by atoms with E-state index >= 15 is 0 Å². The number of nitrogens with zero attached hydrogens (tertiary/aromatic N) is 2. The van der Waals surface area contributed by atoms with Gasteiger partial charge in [-0.2, -0.15) is 0 Å². The lowest BCUT2D eigenvalue weighted by molar-refractivity contribution is 0.597. The van der Waals surface area contributed by atoms with Crippen LogP contribution in [0.1, 0.15) is 19.8 Å². The van der Waals surface area contributed by atoms with E-state index in [-0.39, 0.29) is 15.7 Å². The third-order valence-corrected chi connectivity index (χ3v) is 8.88. The molecule has 1 heterocycles. The van der Waals surface area contributed by atoms with Crippen molar-refractivity contribution in [2.75, 3.05) is 17.3 Å². The summed E-state index contributed by atoms with van der Waals surface area (Å²) in [6.07, 6.45) is 2.29. The van der Waals surface area contributed by atoms with Crippen LogP contribution in [0.15, 0.2) is 31.8 Å². The van der Waals surface area contributed by atoms with Crippen LogP contribution in [0.2, 0.25) is 10.0 Å². The highest BCUT2D eigenvalue weighted by Gasteiger charge is 2.19. The molecule has 1 aromatic heterocycles. The number of unbranched alkanes of at least 4 members (excludes halogenated alkanes) is 1. The first-order chi connectivity index (χ1) is 11.4. The van der Waals surface area contributed by atoms with Crippen LogP contribution in [-0.4, -0.2) is 35.9 Å². The first-order valence-corrected chi connectivity index (χ1v) is 12.4. The second-order valence-corrected chi connectivity index (χ2v) is 11.4. The zero-order valence-corrected chi connectivity index (χ0v) is 17.6. The molecule has 0 radical (unpaired) electrons. The predicted octanol–water partition coefficient (Wildman–Crippen LogP) is 5.30. The zero-order chi connectivity index (χ0) is 17.6. The molecule has 4 nitrogen and oxygen atoms in total. The van der Waals surface area contributed by atoms with Crippen molar-refractivity contribution in [3.8, 4) is 0 Å². The van der Waals surface area contributed by atoms with E-state index in [1.165, 1.54) is 35.2 Å². The quantitative estimate of drug-likeness (QED) is 0.387. The Kier molecular flexibility index (Phi) is 8.16. The van der Waals surface area contributed by atoms with Gasteiger partial charge in [-0.15, -0.1) is 10.2 Å². The van der Waals surface area contributed by atoms with Gasteiger partial charge in [0.2, 0.25) is 0 Å². The number of rotatable bonds is 9. The fourth-order valence-corrected chi connectivity index (χ4v) is 7.39. The number of thioether (sulfide) groups is 2. The van der Waals surface area contributed by atoms with Gasteiger partial charge in [0.1, 0.15) is 0 Å². The van der Waals surface area contributed by atoms with E-state index < -0.39 is 9.84 Å². The van der Waals surface area contributed by atoms with Gasteiger partial charge in [0.05, 0.1) is 15.7 Å². The van der Waals surface area contributed by atoms with Crippen LogP contribution in [0.4, 0.5) is 0 Å². The normalized spacial score (nSPS) is 11.8. The Morgan fingerprint density at radius 2 is 1.79 bits per heavy atom. The molecule has 0 bridgehead atoms. The van der Waals surface area contributed by atoms with E-state index in [4.69, 9.17) is 23.2 Å². The summed E-state index contributed by atoms with van der Waals surface area (Å²) in [5.74, 6) is 1.38. The van der Waals surface area contributed by atoms with Crippen LogP contribution >= 0.6 is 58.1 Å². The minimum atomic E-state index is -3.48. The third-order valence-electron chi connectivity index (χ3n) is 2.92. The lowest BCUT2D eigenvalue weighted by Gasteiger charge is -2.06.